The smallest absolute Gasteiger partial charge is 0.0761 e. The average molecular weight is 247 g/mol. The minimum Gasteiger partial charge on any atom is -0.389 e. The standard InChI is InChI=1S/C16H25NO/c1-3-14-5-4-11-17(12-10-14)16-8-6-15(7-9-16)13(2)18/h6-9,13-14,18H,3-5,10-12H2,1-2H3/t13-,14?/m0/s1. The van der Waals surface area contributed by atoms with Crippen LogP contribution in [0.1, 0.15) is 51.2 Å². The zero-order valence-corrected chi connectivity index (χ0v) is 11.6. The van der Waals surface area contributed by atoms with Crippen LogP contribution < -0.4 is 4.90 Å². The maximum absolute atomic E-state index is 9.52. The van der Waals surface area contributed by atoms with Gasteiger partial charge >= 0.3 is 0 Å². The SMILES string of the molecule is CCC1CCCN(c2ccc([C@H](C)O)cc2)CC1. The molecule has 18 heavy (non-hydrogen) atoms. The number of aliphatic hydroxyl groups excluding tert-OH is 1. The first kappa shape index (κ1) is 13.4. The van der Waals surface area contributed by atoms with Gasteiger partial charge in [0.1, 0.15) is 0 Å². The number of aliphatic hydroxyl groups is 1. The molecular weight excluding hydrogens is 222 g/mol. The Morgan fingerprint density at radius 3 is 2.56 bits per heavy atom. The van der Waals surface area contributed by atoms with E-state index in [9.17, 15) is 5.11 Å². The van der Waals surface area contributed by atoms with E-state index in [-0.39, 0.29) is 6.10 Å². The highest BCUT2D eigenvalue weighted by molar-refractivity contribution is 5.48. The molecule has 0 aromatic heterocycles. The molecule has 1 aromatic carbocycles. The van der Waals surface area contributed by atoms with Crippen LogP contribution in [0, 0.1) is 5.92 Å². The van der Waals surface area contributed by atoms with Crippen LogP contribution in [0.15, 0.2) is 24.3 Å². The molecular formula is C16H25NO. The van der Waals surface area contributed by atoms with Crippen molar-refractivity contribution in [1.29, 1.82) is 0 Å². The monoisotopic (exact) mass is 247 g/mol. The lowest BCUT2D eigenvalue weighted by molar-refractivity contribution is 0.199. The molecule has 0 spiro atoms. The summed E-state index contributed by atoms with van der Waals surface area (Å²) in [5.74, 6) is 0.909. The number of nitrogens with zero attached hydrogens (tertiary/aromatic N) is 1. The molecule has 1 heterocycles. The molecule has 1 aliphatic heterocycles. The van der Waals surface area contributed by atoms with Gasteiger partial charge in [0.15, 0.2) is 0 Å². The topological polar surface area (TPSA) is 23.5 Å². The van der Waals surface area contributed by atoms with Gasteiger partial charge in [-0.1, -0.05) is 25.5 Å². The fourth-order valence-electron chi connectivity index (χ4n) is 2.80. The van der Waals surface area contributed by atoms with E-state index in [1.807, 2.05) is 19.1 Å². The van der Waals surface area contributed by atoms with Crippen LogP contribution in [0.4, 0.5) is 5.69 Å². The highest BCUT2D eigenvalue weighted by atomic mass is 16.3. The average Bonchev–Trinajstić information content (AvgIpc) is 2.64. The fourth-order valence-corrected chi connectivity index (χ4v) is 2.80. The van der Waals surface area contributed by atoms with Crippen molar-refractivity contribution in [2.24, 2.45) is 5.92 Å². The minimum absolute atomic E-state index is 0.368. The molecule has 0 bridgehead atoms. The summed E-state index contributed by atoms with van der Waals surface area (Å²) in [6.07, 6.45) is 4.94. The molecule has 1 unspecified atom stereocenters. The molecule has 0 amide bonds. The molecule has 2 atom stereocenters. The number of hydrogen-bond donors (Lipinski definition) is 1. The van der Waals surface area contributed by atoms with Crippen LogP contribution in [0.3, 0.4) is 0 Å². The van der Waals surface area contributed by atoms with Crippen molar-refractivity contribution < 1.29 is 5.11 Å². The Morgan fingerprint density at radius 2 is 1.94 bits per heavy atom. The third-order valence-electron chi connectivity index (χ3n) is 4.17. The summed E-state index contributed by atoms with van der Waals surface area (Å²) >= 11 is 0. The summed E-state index contributed by atoms with van der Waals surface area (Å²) in [6, 6.07) is 8.38. The zero-order chi connectivity index (χ0) is 13.0. The molecule has 0 aliphatic carbocycles. The van der Waals surface area contributed by atoms with Crippen LogP contribution >= 0.6 is 0 Å². The number of hydrogen-bond acceptors (Lipinski definition) is 2. The Morgan fingerprint density at radius 1 is 1.22 bits per heavy atom. The molecule has 100 valence electrons. The summed E-state index contributed by atoms with van der Waals surface area (Å²) in [7, 11) is 0. The quantitative estimate of drug-likeness (QED) is 0.879. The lowest BCUT2D eigenvalue weighted by Gasteiger charge is -2.23. The van der Waals surface area contributed by atoms with E-state index >= 15 is 0 Å². The van der Waals surface area contributed by atoms with Gasteiger partial charge < -0.3 is 10.0 Å². The van der Waals surface area contributed by atoms with E-state index in [0.717, 1.165) is 11.5 Å². The van der Waals surface area contributed by atoms with E-state index in [2.05, 4.69) is 24.0 Å². The maximum atomic E-state index is 9.52. The summed E-state index contributed by atoms with van der Waals surface area (Å²) in [5, 5.41) is 9.52. The van der Waals surface area contributed by atoms with E-state index in [1.165, 1.54) is 44.5 Å². The Labute approximate surface area is 111 Å². The van der Waals surface area contributed by atoms with Crippen molar-refractivity contribution >= 4 is 5.69 Å². The van der Waals surface area contributed by atoms with Gasteiger partial charge in [-0.3, -0.25) is 0 Å². The Balaban J connectivity index is 2.02. The normalized spacial score (nSPS) is 22.6. The van der Waals surface area contributed by atoms with Gasteiger partial charge in [0.2, 0.25) is 0 Å². The third-order valence-corrected chi connectivity index (χ3v) is 4.17. The fraction of sp³-hybridized carbons (Fsp3) is 0.625. The van der Waals surface area contributed by atoms with Gasteiger partial charge in [-0.25, -0.2) is 0 Å². The Kier molecular flexibility index (Phi) is 4.65. The molecule has 2 nitrogen and oxygen atoms in total. The van der Waals surface area contributed by atoms with Crippen LogP contribution in [-0.4, -0.2) is 18.2 Å². The highest BCUT2D eigenvalue weighted by Crippen LogP contribution is 2.25. The van der Waals surface area contributed by atoms with E-state index < -0.39 is 0 Å². The van der Waals surface area contributed by atoms with Gasteiger partial charge in [-0.05, 0) is 49.8 Å². The van der Waals surface area contributed by atoms with Crippen molar-refractivity contribution in [2.75, 3.05) is 18.0 Å². The summed E-state index contributed by atoms with van der Waals surface area (Å²) < 4.78 is 0. The van der Waals surface area contributed by atoms with Gasteiger partial charge in [0.25, 0.3) is 0 Å². The number of benzene rings is 1. The van der Waals surface area contributed by atoms with Gasteiger partial charge in [0, 0.05) is 18.8 Å². The molecule has 1 aromatic rings. The molecule has 2 heteroatoms. The second-order valence-electron chi connectivity index (χ2n) is 5.46. The number of anilines is 1. The highest BCUT2D eigenvalue weighted by Gasteiger charge is 2.16. The minimum atomic E-state index is -0.368. The largest absolute Gasteiger partial charge is 0.389 e. The van der Waals surface area contributed by atoms with E-state index in [4.69, 9.17) is 0 Å². The van der Waals surface area contributed by atoms with Gasteiger partial charge in [-0.15, -0.1) is 0 Å². The maximum Gasteiger partial charge on any atom is 0.0761 e. The van der Waals surface area contributed by atoms with Crippen molar-refractivity contribution in [2.45, 2.75) is 45.6 Å². The molecule has 1 saturated heterocycles. The summed E-state index contributed by atoms with van der Waals surface area (Å²) in [6.45, 7) is 6.46. The zero-order valence-electron chi connectivity index (χ0n) is 11.6. The molecule has 1 fully saturated rings. The Hall–Kier alpha value is -1.02. The lowest BCUT2D eigenvalue weighted by Crippen LogP contribution is -2.24. The number of rotatable bonds is 3. The molecule has 1 N–H and O–H groups in total. The van der Waals surface area contributed by atoms with E-state index in [1.54, 1.807) is 0 Å². The predicted molar refractivity (Wildman–Crippen MR) is 76.9 cm³/mol. The van der Waals surface area contributed by atoms with E-state index in [0.29, 0.717) is 0 Å². The molecule has 2 rings (SSSR count). The Bertz CT molecular complexity index is 358. The second kappa shape index (κ2) is 6.24. The first-order valence-electron chi connectivity index (χ1n) is 7.23. The molecule has 1 aliphatic rings. The molecule has 0 saturated carbocycles. The van der Waals surface area contributed by atoms with Crippen LogP contribution in [0.25, 0.3) is 0 Å². The van der Waals surface area contributed by atoms with Crippen LogP contribution in [0.5, 0.6) is 0 Å². The van der Waals surface area contributed by atoms with Crippen molar-refractivity contribution in [3.63, 3.8) is 0 Å². The van der Waals surface area contributed by atoms with Crippen LogP contribution in [-0.2, 0) is 0 Å². The van der Waals surface area contributed by atoms with Gasteiger partial charge in [-0.2, -0.15) is 0 Å². The molecule has 0 radical (unpaired) electrons. The first-order chi connectivity index (χ1) is 8.70. The lowest BCUT2D eigenvalue weighted by atomic mass is 9.98. The first-order valence-corrected chi connectivity index (χ1v) is 7.23. The summed E-state index contributed by atoms with van der Waals surface area (Å²) in [4.78, 5) is 2.49. The van der Waals surface area contributed by atoms with Crippen molar-refractivity contribution in [3.05, 3.63) is 29.8 Å². The van der Waals surface area contributed by atoms with Gasteiger partial charge in [0.05, 0.1) is 6.10 Å². The second-order valence-corrected chi connectivity index (χ2v) is 5.46. The van der Waals surface area contributed by atoms with Crippen molar-refractivity contribution in [3.8, 4) is 0 Å². The predicted octanol–water partition coefficient (Wildman–Crippen LogP) is 3.76. The van der Waals surface area contributed by atoms with Crippen LogP contribution in [0.2, 0.25) is 0 Å². The van der Waals surface area contributed by atoms with Crippen molar-refractivity contribution in [1.82, 2.24) is 0 Å². The third kappa shape index (κ3) is 3.26. The summed E-state index contributed by atoms with van der Waals surface area (Å²) in [5.41, 5.74) is 2.30.